The zero-order valence-corrected chi connectivity index (χ0v) is 20.9. The molecular formula is C25H34N6O6. The van der Waals surface area contributed by atoms with E-state index in [1.807, 2.05) is 0 Å². The monoisotopic (exact) mass is 514 g/mol. The Labute approximate surface area is 215 Å². The predicted octanol–water partition coefficient (Wildman–Crippen LogP) is 2.62. The van der Waals surface area contributed by atoms with Crippen molar-refractivity contribution in [3.05, 3.63) is 73.6 Å². The van der Waals surface area contributed by atoms with Crippen LogP contribution in [0.4, 0.5) is 17.1 Å². The van der Waals surface area contributed by atoms with E-state index >= 15 is 0 Å². The Morgan fingerprint density at radius 3 is 2.49 bits per heavy atom. The Morgan fingerprint density at radius 2 is 1.86 bits per heavy atom. The van der Waals surface area contributed by atoms with Crippen molar-refractivity contribution in [1.82, 2.24) is 4.90 Å². The van der Waals surface area contributed by atoms with Crippen molar-refractivity contribution < 1.29 is 25.3 Å². The topological polar surface area (TPSA) is 188 Å². The molecular weight excluding hydrogens is 480 g/mol. The molecule has 4 atom stereocenters. The number of aliphatic hydroxyl groups excluding tert-OH is 4. The number of hydrogen-bond acceptors (Lipinski definition) is 9. The second-order valence-electron chi connectivity index (χ2n) is 9.61. The van der Waals surface area contributed by atoms with E-state index in [0.717, 1.165) is 16.7 Å². The van der Waals surface area contributed by atoms with Gasteiger partial charge in [-0.1, -0.05) is 43.2 Å². The fourth-order valence-electron chi connectivity index (χ4n) is 4.60. The summed E-state index contributed by atoms with van der Waals surface area (Å²) in [5, 5.41) is 57.9. The first kappa shape index (κ1) is 28.3. The van der Waals surface area contributed by atoms with E-state index < -0.39 is 29.3 Å². The molecule has 0 aromatic heterocycles. The maximum absolute atomic E-state index is 11.4. The Hall–Kier alpha value is -3.25. The molecule has 0 radical (unpaired) electrons. The van der Waals surface area contributed by atoms with Crippen molar-refractivity contribution in [3.63, 3.8) is 0 Å². The van der Waals surface area contributed by atoms with Crippen molar-refractivity contribution in [2.24, 2.45) is 5.11 Å². The molecule has 0 bridgehead atoms. The van der Waals surface area contributed by atoms with E-state index in [4.69, 9.17) is 5.53 Å². The number of aliphatic hydroxyl groups is 4. The molecule has 1 heterocycles. The molecule has 0 amide bonds. The van der Waals surface area contributed by atoms with Gasteiger partial charge in [-0.2, -0.15) is 0 Å². The van der Waals surface area contributed by atoms with Crippen LogP contribution in [0.3, 0.4) is 0 Å². The highest BCUT2D eigenvalue weighted by atomic mass is 16.6. The van der Waals surface area contributed by atoms with Gasteiger partial charge in [0, 0.05) is 36.3 Å². The number of nitrogens with one attached hydrogen (secondary N) is 1. The van der Waals surface area contributed by atoms with E-state index in [1.54, 1.807) is 4.90 Å². The Bertz CT molecular complexity index is 1140. The molecule has 0 saturated carbocycles. The zero-order chi connectivity index (χ0) is 27.1. The SMILES string of the molecule is CC(C)c1cc(CCNc2ccc(N=[N+]=[N-])cc2[N+](=O)[O-])cc(CCN2C[C@H](O)[C@@H](O)[C@H](O)[C@H]2CO)c1. The summed E-state index contributed by atoms with van der Waals surface area (Å²) < 4.78 is 0. The van der Waals surface area contributed by atoms with Gasteiger partial charge < -0.3 is 25.7 Å². The summed E-state index contributed by atoms with van der Waals surface area (Å²) in [6.07, 6.45) is -2.40. The molecule has 1 fully saturated rings. The number of β-amino-alcohol motifs (C(OH)–C–C–N with tert-alkyl or cyclic N) is 1. The summed E-state index contributed by atoms with van der Waals surface area (Å²) in [5.41, 5.74) is 12.1. The van der Waals surface area contributed by atoms with Crippen molar-refractivity contribution in [2.75, 3.05) is 31.6 Å². The van der Waals surface area contributed by atoms with Crippen molar-refractivity contribution >= 4 is 17.1 Å². The van der Waals surface area contributed by atoms with Crippen molar-refractivity contribution in [1.29, 1.82) is 0 Å². The van der Waals surface area contributed by atoms with Crippen LogP contribution in [-0.2, 0) is 12.8 Å². The zero-order valence-electron chi connectivity index (χ0n) is 20.9. The number of azide groups is 1. The minimum Gasteiger partial charge on any atom is -0.395 e. The van der Waals surface area contributed by atoms with Gasteiger partial charge in [0.15, 0.2) is 0 Å². The number of hydrogen-bond donors (Lipinski definition) is 5. The summed E-state index contributed by atoms with van der Waals surface area (Å²) >= 11 is 0. The van der Waals surface area contributed by atoms with Crippen LogP contribution >= 0.6 is 0 Å². The number of rotatable bonds is 11. The molecule has 0 aliphatic carbocycles. The van der Waals surface area contributed by atoms with Gasteiger partial charge >= 0.3 is 0 Å². The van der Waals surface area contributed by atoms with Crippen LogP contribution in [0.15, 0.2) is 41.5 Å². The third-order valence-corrected chi connectivity index (χ3v) is 6.71. The van der Waals surface area contributed by atoms with E-state index in [9.17, 15) is 30.5 Å². The number of benzene rings is 2. The largest absolute Gasteiger partial charge is 0.395 e. The van der Waals surface area contributed by atoms with Crippen LogP contribution < -0.4 is 5.32 Å². The lowest BCUT2D eigenvalue weighted by atomic mass is 9.92. The van der Waals surface area contributed by atoms with Gasteiger partial charge in [-0.05, 0) is 47.0 Å². The van der Waals surface area contributed by atoms with Crippen LogP contribution in [0.5, 0.6) is 0 Å². The van der Waals surface area contributed by atoms with Crippen LogP contribution in [0.2, 0.25) is 0 Å². The maximum atomic E-state index is 11.4. The third kappa shape index (κ3) is 7.16. The number of nitro benzene ring substituents is 1. The second-order valence-corrected chi connectivity index (χ2v) is 9.61. The average Bonchev–Trinajstić information content (AvgIpc) is 2.86. The van der Waals surface area contributed by atoms with Gasteiger partial charge in [-0.15, -0.1) is 0 Å². The lowest BCUT2D eigenvalue weighted by Gasteiger charge is -2.43. The van der Waals surface area contributed by atoms with Gasteiger partial charge in [0.2, 0.25) is 0 Å². The summed E-state index contributed by atoms with van der Waals surface area (Å²) in [4.78, 5) is 15.4. The smallest absolute Gasteiger partial charge is 0.292 e. The fourth-order valence-corrected chi connectivity index (χ4v) is 4.60. The van der Waals surface area contributed by atoms with E-state index in [1.165, 1.54) is 18.2 Å². The Kier molecular flexibility index (Phi) is 9.81. The van der Waals surface area contributed by atoms with E-state index in [0.29, 0.717) is 31.6 Å². The van der Waals surface area contributed by atoms with E-state index in [-0.39, 0.29) is 30.4 Å². The molecule has 5 N–H and O–H groups in total. The summed E-state index contributed by atoms with van der Waals surface area (Å²) in [6, 6.07) is 9.89. The van der Waals surface area contributed by atoms with Crippen molar-refractivity contribution in [2.45, 2.75) is 57.0 Å². The number of piperidine rings is 1. The lowest BCUT2D eigenvalue weighted by molar-refractivity contribution is -0.383. The first-order valence-electron chi connectivity index (χ1n) is 12.2. The first-order valence-corrected chi connectivity index (χ1v) is 12.2. The average molecular weight is 515 g/mol. The molecule has 200 valence electrons. The first-order chi connectivity index (χ1) is 17.6. The molecule has 1 aliphatic rings. The van der Waals surface area contributed by atoms with Crippen LogP contribution in [0.25, 0.3) is 10.4 Å². The van der Waals surface area contributed by atoms with Crippen LogP contribution in [0, 0.1) is 10.1 Å². The lowest BCUT2D eigenvalue weighted by Crippen LogP contribution is -2.62. The third-order valence-electron chi connectivity index (χ3n) is 6.71. The molecule has 12 heteroatoms. The molecule has 1 aliphatic heterocycles. The molecule has 0 spiro atoms. The van der Waals surface area contributed by atoms with Crippen LogP contribution in [-0.4, -0.2) is 80.8 Å². The molecule has 1 saturated heterocycles. The number of anilines is 1. The molecule has 2 aromatic carbocycles. The van der Waals surface area contributed by atoms with Crippen LogP contribution in [0.1, 0.15) is 36.5 Å². The molecule has 12 nitrogen and oxygen atoms in total. The fraction of sp³-hybridized carbons (Fsp3) is 0.520. The molecule has 0 unspecified atom stereocenters. The molecule has 3 rings (SSSR count). The van der Waals surface area contributed by atoms with Gasteiger partial charge in [0.05, 0.1) is 23.7 Å². The highest BCUT2D eigenvalue weighted by Gasteiger charge is 2.40. The Morgan fingerprint density at radius 1 is 1.16 bits per heavy atom. The summed E-state index contributed by atoms with van der Waals surface area (Å²) in [6.45, 7) is 4.94. The van der Waals surface area contributed by atoms with Crippen molar-refractivity contribution in [3.8, 4) is 0 Å². The van der Waals surface area contributed by atoms with Gasteiger partial charge in [0.1, 0.15) is 17.9 Å². The van der Waals surface area contributed by atoms with Gasteiger partial charge in [-0.3, -0.25) is 15.0 Å². The number of nitrogens with zero attached hydrogens (tertiary/aromatic N) is 5. The maximum Gasteiger partial charge on any atom is 0.292 e. The minimum absolute atomic E-state index is 0.154. The predicted molar refractivity (Wildman–Crippen MR) is 139 cm³/mol. The van der Waals surface area contributed by atoms with E-state index in [2.05, 4.69) is 47.4 Å². The molecule has 37 heavy (non-hydrogen) atoms. The number of nitro groups is 1. The highest BCUT2D eigenvalue weighted by Crippen LogP contribution is 2.29. The van der Waals surface area contributed by atoms with Gasteiger partial charge in [0.25, 0.3) is 5.69 Å². The highest BCUT2D eigenvalue weighted by molar-refractivity contribution is 5.66. The Balaban J connectivity index is 1.70. The summed E-state index contributed by atoms with van der Waals surface area (Å²) in [7, 11) is 0. The molecule has 2 aromatic rings. The number of likely N-dealkylation sites (tertiary alicyclic amines) is 1. The standard InChI is InChI=1S/C25H34N6O6/c1-15(2)18-10-16(5-7-27-20-4-3-19(28-29-26)12-21(20)31(36)37)9-17(11-18)6-8-30-13-23(33)25(35)24(34)22(30)14-32/h3-4,9-12,15,22-25,27,32-35H,5-8,13-14H2,1-2H3/t22-,23+,24-,25-/m1/s1. The minimum atomic E-state index is -1.29. The summed E-state index contributed by atoms with van der Waals surface area (Å²) in [5.74, 6) is 0.278. The second kappa shape index (κ2) is 12.8. The van der Waals surface area contributed by atoms with Gasteiger partial charge in [-0.25, -0.2) is 0 Å². The quantitative estimate of drug-likeness (QED) is 0.0994. The normalized spacial score (nSPS) is 22.0.